The van der Waals surface area contributed by atoms with Crippen LogP contribution in [0.3, 0.4) is 0 Å². The SMILES string of the molecule is CC(Cl)(/C([O-])=N/N)c1ccccc1. The molecule has 0 aliphatic carbocycles. The zero-order valence-corrected chi connectivity index (χ0v) is 7.95. The van der Waals surface area contributed by atoms with Crippen LogP contribution in [0, 0.1) is 0 Å². The van der Waals surface area contributed by atoms with Gasteiger partial charge in [-0.3, -0.25) is 0 Å². The van der Waals surface area contributed by atoms with Crippen molar-refractivity contribution < 1.29 is 5.11 Å². The van der Waals surface area contributed by atoms with Gasteiger partial charge in [-0.1, -0.05) is 30.3 Å². The summed E-state index contributed by atoms with van der Waals surface area (Å²) in [4.78, 5) is -1.16. The Kier molecular flexibility index (Phi) is 2.78. The molecule has 3 nitrogen and oxygen atoms in total. The van der Waals surface area contributed by atoms with Gasteiger partial charge < -0.3 is 10.9 Å². The number of hydrogen-bond acceptors (Lipinski definition) is 3. The standard InChI is InChI=1S/C9H11ClN2O/c1-9(10,8(13)12-11)7-5-3-2-4-6-7/h2-6H,11H2,1H3,(H,12,13)/p-1. The van der Waals surface area contributed by atoms with Gasteiger partial charge in [0.1, 0.15) is 0 Å². The fourth-order valence-corrected chi connectivity index (χ4v) is 1.17. The molecule has 70 valence electrons. The molecule has 4 heteroatoms. The van der Waals surface area contributed by atoms with Crippen LogP contribution in [0.4, 0.5) is 0 Å². The van der Waals surface area contributed by atoms with E-state index in [1.54, 1.807) is 31.2 Å². The molecule has 0 aliphatic heterocycles. The van der Waals surface area contributed by atoms with E-state index in [1.165, 1.54) is 0 Å². The number of hydrogen-bond donors (Lipinski definition) is 1. The lowest BCUT2D eigenvalue weighted by Gasteiger charge is -2.27. The fourth-order valence-electron chi connectivity index (χ4n) is 0.996. The largest absolute Gasteiger partial charge is 0.859 e. The zero-order chi connectivity index (χ0) is 9.90. The molecule has 0 amide bonds. The third-order valence-corrected chi connectivity index (χ3v) is 2.21. The lowest BCUT2D eigenvalue weighted by Crippen LogP contribution is -2.37. The summed E-state index contributed by atoms with van der Waals surface area (Å²) < 4.78 is 0. The number of benzene rings is 1. The van der Waals surface area contributed by atoms with E-state index < -0.39 is 10.8 Å². The molecular formula is C9H10ClN2O-. The van der Waals surface area contributed by atoms with Crippen molar-refractivity contribution in [2.45, 2.75) is 11.8 Å². The molecule has 13 heavy (non-hydrogen) atoms. The zero-order valence-electron chi connectivity index (χ0n) is 7.20. The average Bonchev–Trinajstić information content (AvgIpc) is 2.18. The molecule has 0 heterocycles. The first-order valence-electron chi connectivity index (χ1n) is 3.79. The Bertz CT molecular complexity index is 309. The highest BCUT2D eigenvalue weighted by Gasteiger charge is 2.23. The molecule has 0 saturated carbocycles. The highest BCUT2D eigenvalue weighted by atomic mass is 35.5. The van der Waals surface area contributed by atoms with E-state index in [4.69, 9.17) is 17.4 Å². The van der Waals surface area contributed by atoms with Gasteiger partial charge in [-0.15, -0.1) is 11.6 Å². The van der Waals surface area contributed by atoms with E-state index in [1.807, 2.05) is 6.07 Å². The molecule has 1 aromatic carbocycles. The molecule has 0 aromatic heterocycles. The van der Waals surface area contributed by atoms with Gasteiger partial charge in [-0.2, -0.15) is 0 Å². The monoisotopic (exact) mass is 197 g/mol. The highest BCUT2D eigenvalue weighted by Crippen LogP contribution is 2.27. The Morgan fingerprint density at radius 2 is 2.00 bits per heavy atom. The van der Waals surface area contributed by atoms with E-state index >= 15 is 0 Å². The Labute approximate surface area is 81.8 Å². The summed E-state index contributed by atoms with van der Waals surface area (Å²) in [6.07, 6.45) is 0. The summed E-state index contributed by atoms with van der Waals surface area (Å²) in [7, 11) is 0. The predicted molar refractivity (Wildman–Crippen MR) is 51.3 cm³/mol. The predicted octanol–water partition coefficient (Wildman–Crippen LogP) is 0.773. The number of hydrazone groups is 1. The summed E-state index contributed by atoms with van der Waals surface area (Å²) in [6, 6.07) is 8.98. The van der Waals surface area contributed by atoms with Gasteiger partial charge in [0.05, 0.1) is 4.87 Å². The third-order valence-electron chi connectivity index (χ3n) is 1.83. The Morgan fingerprint density at radius 3 is 2.46 bits per heavy atom. The summed E-state index contributed by atoms with van der Waals surface area (Å²) in [6.45, 7) is 1.57. The van der Waals surface area contributed by atoms with Crippen LogP contribution in [0.25, 0.3) is 0 Å². The molecule has 1 atom stereocenters. The lowest BCUT2D eigenvalue weighted by molar-refractivity contribution is -0.222. The van der Waals surface area contributed by atoms with Crippen molar-refractivity contribution in [1.82, 2.24) is 0 Å². The van der Waals surface area contributed by atoms with E-state index in [9.17, 15) is 5.11 Å². The normalized spacial score (nSPS) is 16.6. The topological polar surface area (TPSA) is 61.4 Å². The number of nitrogens with zero attached hydrogens (tertiary/aromatic N) is 1. The van der Waals surface area contributed by atoms with Gasteiger partial charge in [0.15, 0.2) is 0 Å². The van der Waals surface area contributed by atoms with Crippen molar-refractivity contribution in [2.75, 3.05) is 0 Å². The van der Waals surface area contributed by atoms with Crippen LogP contribution in [0.15, 0.2) is 35.4 Å². The highest BCUT2D eigenvalue weighted by molar-refractivity contribution is 6.33. The van der Waals surface area contributed by atoms with Gasteiger partial charge in [0.25, 0.3) is 0 Å². The van der Waals surface area contributed by atoms with E-state index in [0.29, 0.717) is 5.56 Å². The van der Waals surface area contributed by atoms with Crippen molar-refractivity contribution >= 4 is 17.5 Å². The summed E-state index contributed by atoms with van der Waals surface area (Å²) in [5.41, 5.74) is 0.691. The van der Waals surface area contributed by atoms with Crippen molar-refractivity contribution in [3.63, 3.8) is 0 Å². The van der Waals surface area contributed by atoms with Crippen molar-refractivity contribution in [2.24, 2.45) is 10.9 Å². The first-order chi connectivity index (χ1) is 6.09. The Balaban J connectivity index is 3.08. The van der Waals surface area contributed by atoms with Crippen molar-refractivity contribution in [1.29, 1.82) is 0 Å². The molecule has 0 radical (unpaired) electrons. The number of nitrogens with two attached hydrogens (primary N) is 1. The van der Waals surface area contributed by atoms with Gasteiger partial charge in [0.2, 0.25) is 0 Å². The van der Waals surface area contributed by atoms with Gasteiger partial charge in [0, 0.05) is 5.90 Å². The van der Waals surface area contributed by atoms with Crippen LogP contribution in [-0.2, 0) is 4.87 Å². The quantitative estimate of drug-likeness (QED) is 0.250. The van der Waals surface area contributed by atoms with Gasteiger partial charge in [-0.25, -0.2) is 5.10 Å². The van der Waals surface area contributed by atoms with Crippen LogP contribution in [0.2, 0.25) is 0 Å². The maximum atomic E-state index is 11.2. The van der Waals surface area contributed by atoms with E-state index in [0.717, 1.165) is 0 Å². The Morgan fingerprint density at radius 1 is 1.46 bits per heavy atom. The Hall–Kier alpha value is -1.22. The van der Waals surface area contributed by atoms with Crippen LogP contribution in [-0.4, -0.2) is 5.90 Å². The van der Waals surface area contributed by atoms with Crippen LogP contribution >= 0.6 is 11.6 Å². The van der Waals surface area contributed by atoms with Crippen LogP contribution < -0.4 is 10.9 Å². The summed E-state index contributed by atoms with van der Waals surface area (Å²) in [5.74, 6) is 4.35. The smallest absolute Gasteiger partial charge is 0.0963 e. The van der Waals surface area contributed by atoms with E-state index in [2.05, 4.69) is 5.10 Å². The van der Waals surface area contributed by atoms with Crippen molar-refractivity contribution in [3.05, 3.63) is 35.9 Å². The number of alkyl halides is 1. The maximum absolute atomic E-state index is 11.2. The molecular weight excluding hydrogens is 188 g/mol. The summed E-state index contributed by atoms with van der Waals surface area (Å²) in [5, 5.41) is 14.3. The molecule has 1 aromatic rings. The first kappa shape index (κ1) is 9.86. The van der Waals surface area contributed by atoms with Crippen LogP contribution in [0.1, 0.15) is 12.5 Å². The molecule has 0 fully saturated rings. The third kappa shape index (κ3) is 1.92. The maximum Gasteiger partial charge on any atom is 0.0963 e. The molecule has 0 spiro atoms. The number of rotatable bonds is 2. The number of halogens is 1. The molecule has 1 unspecified atom stereocenters. The van der Waals surface area contributed by atoms with Crippen molar-refractivity contribution in [3.8, 4) is 0 Å². The summed E-state index contributed by atoms with van der Waals surface area (Å²) >= 11 is 5.99. The molecule has 2 N–H and O–H groups in total. The van der Waals surface area contributed by atoms with Gasteiger partial charge in [-0.05, 0) is 12.5 Å². The second kappa shape index (κ2) is 3.66. The second-order valence-corrected chi connectivity index (χ2v) is 3.56. The van der Waals surface area contributed by atoms with Gasteiger partial charge >= 0.3 is 0 Å². The minimum atomic E-state index is -1.16. The minimum Gasteiger partial charge on any atom is -0.859 e. The molecule has 0 aliphatic rings. The lowest BCUT2D eigenvalue weighted by atomic mass is 10.0. The molecule has 0 bridgehead atoms. The first-order valence-corrected chi connectivity index (χ1v) is 4.16. The molecule has 1 rings (SSSR count). The molecule has 0 saturated heterocycles. The van der Waals surface area contributed by atoms with Crippen LogP contribution in [0.5, 0.6) is 0 Å². The minimum absolute atomic E-state index is 0.541. The average molecular weight is 198 g/mol. The fraction of sp³-hybridized carbons (Fsp3) is 0.222. The van der Waals surface area contributed by atoms with E-state index in [-0.39, 0.29) is 0 Å². The second-order valence-electron chi connectivity index (χ2n) is 2.80.